The van der Waals surface area contributed by atoms with Crippen LogP contribution in [0.15, 0.2) is 121 Å². The quantitative estimate of drug-likeness (QED) is 0.0308. The Hall–Kier alpha value is -6.98. The van der Waals surface area contributed by atoms with Gasteiger partial charge in [0, 0.05) is 11.0 Å². The molecule has 0 bridgehead atoms. The maximum Gasteiger partial charge on any atom is 0.267 e. The van der Waals surface area contributed by atoms with Crippen LogP contribution in [0.5, 0.6) is 0 Å². The minimum atomic E-state index is -3.77. The molecule has 16 heteroatoms. The Morgan fingerprint density at radius 2 is 0.689 bits per heavy atom. The fourth-order valence-electron chi connectivity index (χ4n) is 13.8. The zero-order chi connectivity index (χ0) is 64.6. The topological polar surface area (TPSA) is 86.7 Å². The Morgan fingerprint density at radius 1 is 0.367 bits per heavy atom. The molecule has 0 amide bonds. The van der Waals surface area contributed by atoms with Gasteiger partial charge in [-0.25, -0.2) is 35.1 Å². The van der Waals surface area contributed by atoms with Crippen molar-refractivity contribution in [2.75, 3.05) is 24.7 Å². The predicted octanol–water partition coefficient (Wildman–Crippen LogP) is 19.7. The molecule has 0 aromatic heterocycles. The highest BCUT2D eigenvalue weighted by Crippen LogP contribution is 2.64. The predicted molar refractivity (Wildman–Crippen MR) is 339 cm³/mol. The van der Waals surface area contributed by atoms with Gasteiger partial charge in [-0.2, -0.15) is 16.8 Å². The number of halogens is 8. The molecule has 472 valence electrons. The van der Waals surface area contributed by atoms with Crippen molar-refractivity contribution in [1.82, 2.24) is 0 Å². The second kappa shape index (κ2) is 24.2. The fraction of sp³-hybridized carbons (Fsp3) is 0.351. The third-order valence-electron chi connectivity index (χ3n) is 18.1. The highest BCUT2D eigenvalue weighted by molar-refractivity contribution is 7.86. The summed E-state index contributed by atoms with van der Waals surface area (Å²) >= 11 is 0. The number of benzene rings is 8. The van der Waals surface area contributed by atoms with Crippen molar-refractivity contribution in [3.63, 3.8) is 0 Å². The van der Waals surface area contributed by atoms with E-state index in [0.29, 0.717) is 114 Å². The summed E-state index contributed by atoms with van der Waals surface area (Å²) in [5.41, 5.74) is 2.04. The molecule has 0 fully saturated rings. The zero-order valence-electron chi connectivity index (χ0n) is 51.7. The molecular formula is C74H72F8O6S2. The minimum absolute atomic E-state index is 0.0540. The van der Waals surface area contributed by atoms with Crippen LogP contribution in [0.4, 0.5) is 35.1 Å². The van der Waals surface area contributed by atoms with E-state index in [9.17, 15) is 16.8 Å². The molecule has 0 aliphatic heterocycles. The average molecular weight is 1270 g/mol. The second-order valence-corrected chi connectivity index (χ2v) is 30.5. The van der Waals surface area contributed by atoms with E-state index in [1.54, 1.807) is 48.5 Å². The van der Waals surface area contributed by atoms with Crippen molar-refractivity contribution in [3.05, 3.63) is 212 Å². The van der Waals surface area contributed by atoms with E-state index in [1.807, 2.05) is 84.9 Å². The first-order valence-corrected chi connectivity index (χ1v) is 33.8. The van der Waals surface area contributed by atoms with E-state index in [2.05, 4.69) is 6.07 Å². The first-order valence-electron chi connectivity index (χ1n) is 30.7. The molecule has 0 radical (unpaired) electrons. The van der Waals surface area contributed by atoms with Gasteiger partial charge in [0.15, 0.2) is 46.5 Å². The van der Waals surface area contributed by atoms with Crippen LogP contribution in [-0.4, -0.2) is 41.6 Å². The Bertz CT molecular complexity index is 4280. The van der Waals surface area contributed by atoms with Crippen LogP contribution in [0, 0.1) is 71.2 Å². The van der Waals surface area contributed by atoms with Crippen LogP contribution in [0.2, 0.25) is 0 Å². The molecule has 11 rings (SSSR count). The molecule has 1 spiro atoms. The van der Waals surface area contributed by atoms with E-state index >= 15 is 35.1 Å². The van der Waals surface area contributed by atoms with Crippen LogP contribution in [0.3, 0.4) is 0 Å². The van der Waals surface area contributed by atoms with Crippen LogP contribution in [0.1, 0.15) is 150 Å². The summed E-state index contributed by atoms with van der Waals surface area (Å²) in [5, 5.41) is 0. The van der Waals surface area contributed by atoms with E-state index < -0.39 is 99.9 Å². The molecule has 3 aliphatic rings. The summed E-state index contributed by atoms with van der Waals surface area (Å²) in [4.78, 5) is 0. The third-order valence-corrected chi connectivity index (χ3v) is 20.6. The largest absolute Gasteiger partial charge is 0.270 e. The van der Waals surface area contributed by atoms with Gasteiger partial charge in [-0.15, -0.1) is 0 Å². The third kappa shape index (κ3) is 11.7. The van der Waals surface area contributed by atoms with Crippen LogP contribution < -0.4 is 0 Å². The molecular weight excluding hydrogens is 1200 g/mol. The summed E-state index contributed by atoms with van der Waals surface area (Å²) in [6, 6.07) is 34.4. The second-order valence-electron chi connectivity index (χ2n) is 27.0. The van der Waals surface area contributed by atoms with Gasteiger partial charge >= 0.3 is 0 Å². The normalized spacial score (nSPS) is 15.5. The summed E-state index contributed by atoms with van der Waals surface area (Å²) in [6.07, 6.45) is 5.37. The maximum absolute atomic E-state index is 17.5. The van der Waals surface area contributed by atoms with E-state index in [1.165, 1.54) is 30.3 Å². The summed E-state index contributed by atoms with van der Waals surface area (Å²) in [6.45, 7) is 14.3. The number of rotatable bonds is 21. The Labute approximate surface area is 523 Å². The van der Waals surface area contributed by atoms with Gasteiger partial charge in [-0.1, -0.05) is 189 Å². The van der Waals surface area contributed by atoms with E-state index in [0.717, 1.165) is 29.2 Å². The number of unbranched alkanes of at least 4 members (excludes halogenated alkanes) is 6. The van der Waals surface area contributed by atoms with Crippen molar-refractivity contribution in [2.45, 2.75) is 130 Å². The highest BCUT2D eigenvalue weighted by atomic mass is 32.2. The van der Waals surface area contributed by atoms with Crippen molar-refractivity contribution in [2.24, 2.45) is 10.8 Å². The molecule has 0 saturated carbocycles. The van der Waals surface area contributed by atoms with E-state index in [-0.39, 0.29) is 52.2 Å². The van der Waals surface area contributed by atoms with Crippen LogP contribution in [-0.2, 0) is 39.4 Å². The molecule has 0 saturated heterocycles. The van der Waals surface area contributed by atoms with Crippen molar-refractivity contribution in [1.29, 1.82) is 0 Å². The zero-order valence-corrected chi connectivity index (χ0v) is 53.4. The lowest BCUT2D eigenvalue weighted by molar-refractivity contribution is 0.203. The van der Waals surface area contributed by atoms with Crippen LogP contribution in [0.25, 0.3) is 66.8 Å². The Morgan fingerprint density at radius 3 is 1.09 bits per heavy atom. The van der Waals surface area contributed by atoms with Crippen molar-refractivity contribution in [3.8, 4) is 66.8 Å². The highest BCUT2D eigenvalue weighted by Gasteiger charge is 2.52. The number of hydrogen-bond donors (Lipinski definition) is 0. The maximum atomic E-state index is 17.5. The molecule has 90 heavy (non-hydrogen) atoms. The monoisotopic (exact) mass is 1270 g/mol. The van der Waals surface area contributed by atoms with Gasteiger partial charge in [0.2, 0.25) is 0 Å². The van der Waals surface area contributed by atoms with Crippen molar-refractivity contribution < 1.29 is 60.3 Å². The number of aryl methyl sites for hydroxylation is 1. The summed E-state index contributed by atoms with van der Waals surface area (Å²) in [5.74, 6) is -13.1. The molecule has 8 aromatic carbocycles. The standard InChI is InChI=1S/C74H72F8O6S2/c1-43-25-29-50-51-30-26-45(38-57(51)73(56(50)37-43,33-17-9-11-19-35-89(83,84)87-41-71(3,4)5)34-18-10-12-20-36-90(85,86)88-42-72(6,7)8)61-67(79)69(81)62(70(82)68(61)80)47-28-32-53-49-22-14-16-24-55(49)74(59(53)40-47)54-23-15-13-21-48(54)52-31-27-46(39-58(52)74)60-65(77)63(75)44(2)64(76)66(60)78/h13-16,21-32,37-40H,9-12,17-20,33-36,41-42H2,1-8H3. The Kier molecular flexibility index (Phi) is 17.4. The van der Waals surface area contributed by atoms with Crippen molar-refractivity contribution >= 4 is 20.2 Å². The molecule has 1 atom stereocenters. The average Bonchev–Trinajstić information content (AvgIpc) is 1.51. The van der Waals surface area contributed by atoms with Gasteiger partial charge in [-0.3, -0.25) is 8.37 Å². The molecule has 8 aromatic rings. The van der Waals surface area contributed by atoms with Crippen LogP contribution >= 0.6 is 0 Å². The number of fused-ring (bicyclic) bond motifs is 13. The lowest BCUT2D eigenvalue weighted by atomic mass is 9.70. The smallest absolute Gasteiger partial charge is 0.267 e. The summed E-state index contributed by atoms with van der Waals surface area (Å²) < 4.78 is 194. The van der Waals surface area contributed by atoms with Gasteiger partial charge in [-0.05, 0) is 152 Å². The molecule has 6 nitrogen and oxygen atoms in total. The van der Waals surface area contributed by atoms with Gasteiger partial charge in [0.25, 0.3) is 20.2 Å². The van der Waals surface area contributed by atoms with Gasteiger partial charge < -0.3 is 0 Å². The molecule has 3 aliphatic carbocycles. The minimum Gasteiger partial charge on any atom is -0.270 e. The first-order chi connectivity index (χ1) is 42.5. The van der Waals surface area contributed by atoms with E-state index in [4.69, 9.17) is 8.37 Å². The molecule has 1 unspecified atom stereocenters. The fourth-order valence-corrected chi connectivity index (χ4v) is 16.2. The Balaban J connectivity index is 0.974. The van der Waals surface area contributed by atoms with Gasteiger partial charge in [0.05, 0.1) is 46.8 Å². The lowest BCUT2D eigenvalue weighted by Gasteiger charge is -2.33. The lowest BCUT2D eigenvalue weighted by Crippen LogP contribution is -2.26. The summed E-state index contributed by atoms with van der Waals surface area (Å²) in [7, 11) is -7.53. The SMILES string of the molecule is Cc1ccc2c(c1)C(CCCCCCS(=O)(=O)OCC(C)(C)C)(CCCCCCS(=O)(=O)OCC(C)(C)C)c1cc(-c3c(F)c(F)c(-c4ccc5c(c4)C4(c6ccccc6-c6ccc(-c7c(F)c(F)c(C)c(F)c7F)cc64)c4ccccc4-5)c(F)c3F)ccc1-2. The molecule has 0 N–H and O–H groups in total. The molecule has 0 heterocycles. The first kappa shape index (κ1) is 64.5. The van der Waals surface area contributed by atoms with Gasteiger partial charge in [0.1, 0.15) is 0 Å². The number of hydrogen-bond acceptors (Lipinski definition) is 6.